The Morgan fingerprint density at radius 2 is 2.12 bits per heavy atom. The number of methoxy groups -OCH3 is 1. The zero-order valence-corrected chi connectivity index (χ0v) is 11.7. The third kappa shape index (κ3) is 3.30. The summed E-state index contributed by atoms with van der Waals surface area (Å²) in [4.78, 5) is 23.5. The normalized spacial score (nSPS) is 10.1. The SMILES string of the molecule is COC(=O)c1cccc(CBr)c1C(=O)CCCl. The Labute approximate surface area is 113 Å². The smallest absolute Gasteiger partial charge is 0.338 e. The van der Waals surface area contributed by atoms with Crippen LogP contribution in [0.2, 0.25) is 0 Å². The minimum Gasteiger partial charge on any atom is -0.465 e. The number of ether oxygens (including phenoxy) is 1. The Hall–Kier alpha value is -0.870. The van der Waals surface area contributed by atoms with Gasteiger partial charge in [0, 0.05) is 23.2 Å². The molecule has 0 saturated carbocycles. The average Bonchev–Trinajstić information content (AvgIpc) is 2.37. The topological polar surface area (TPSA) is 43.4 Å². The number of carbonyl (C=O) groups is 2. The quantitative estimate of drug-likeness (QED) is 0.475. The molecule has 0 bridgehead atoms. The number of hydrogen-bond donors (Lipinski definition) is 0. The molecular weight excluding hydrogens is 307 g/mol. The standard InChI is InChI=1S/C12H12BrClO3/c1-17-12(16)9-4-2-3-8(7-13)11(9)10(15)5-6-14/h2-4H,5-7H2,1H3. The van der Waals surface area contributed by atoms with Gasteiger partial charge in [-0.15, -0.1) is 11.6 Å². The van der Waals surface area contributed by atoms with E-state index in [9.17, 15) is 9.59 Å². The van der Waals surface area contributed by atoms with Gasteiger partial charge >= 0.3 is 5.97 Å². The van der Waals surface area contributed by atoms with E-state index in [1.54, 1.807) is 18.2 Å². The van der Waals surface area contributed by atoms with E-state index < -0.39 is 5.97 Å². The molecule has 1 aromatic rings. The maximum absolute atomic E-state index is 12.0. The summed E-state index contributed by atoms with van der Waals surface area (Å²) in [6, 6.07) is 5.10. The monoisotopic (exact) mass is 318 g/mol. The molecule has 0 saturated heterocycles. The summed E-state index contributed by atoms with van der Waals surface area (Å²) in [5.74, 6) is -0.419. The van der Waals surface area contributed by atoms with Crippen LogP contribution in [0.1, 0.15) is 32.7 Å². The average molecular weight is 320 g/mol. The van der Waals surface area contributed by atoms with E-state index in [-0.39, 0.29) is 18.1 Å². The lowest BCUT2D eigenvalue weighted by Crippen LogP contribution is -2.13. The van der Waals surface area contributed by atoms with E-state index >= 15 is 0 Å². The molecule has 92 valence electrons. The highest BCUT2D eigenvalue weighted by Crippen LogP contribution is 2.20. The van der Waals surface area contributed by atoms with Crippen molar-refractivity contribution in [1.82, 2.24) is 0 Å². The van der Waals surface area contributed by atoms with E-state index in [4.69, 9.17) is 11.6 Å². The summed E-state index contributed by atoms with van der Waals surface area (Å²) in [5.41, 5.74) is 1.46. The lowest BCUT2D eigenvalue weighted by molar-refractivity contribution is 0.0597. The van der Waals surface area contributed by atoms with E-state index in [1.807, 2.05) is 0 Å². The summed E-state index contributed by atoms with van der Waals surface area (Å²) in [7, 11) is 1.29. The minimum absolute atomic E-state index is 0.143. The predicted molar refractivity (Wildman–Crippen MR) is 70.1 cm³/mol. The Bertz CT molecular complexity index is 432. The molecule has 0 amide bonds. The van der Waals surface area contributed by atoms with Crippen LogP contribution in [-0.2, 0) is 10.1 Å². The van der Waals surface area contributed by atoms with Crippen molar-refractivity contribution in [3.05, 3.63) is 34.9 Å². The van der Waals surface area contributed by atoms with Crippen molar-refractivity contribution in [3.63, 3.8) is 0 Å². The third-order valence-corrected chi connectivity index (χ3v) is 3.09. The minimum atomic E-state index is -0.509. The molecule has 5 heteroatoms. The van der Waals surface area contributed by atoms with Gasteiger partial charge < -0.3 is 4.74 Å². The second kappa shape index (κ2) is 6.77. The van der Waals surface area contributed by atoms with Crippen molar-refractivity contribution in [2.75, 3.05) is 13.0 Å². The molecule has 0 aliphatic carbocycles. The first-order valence-corrected chi connectivity index (χ1v) is 6.66. The summed E-state index contributed by atoms with van der Waals surface area (Å²) in [5, 5.41) is 0.501. The van der Waals surface area contributed by atoms with Gasteiger partial charge in [0.05, 0.1) is 12.7 Å². The molecule has 0 radical (unpaired) electrons. The van der Waals surface area contributed by atoms with Crippen molar-refractivity contribution in [3.8, 4) is 0 Å². The number of alkyl halides is 2. The van der Waals surface area contributed by atoms with Crippen molar-refractivity contribution >= 4 is 39.3 Å². The largest absolute Gasteiger partial charge is 0.465 e. The maximum Gasteiger partial charge on any atom is 0.338 e. The van der Waals surface area contributed by atoms with Crippen LogP contribution in [0, 0.1) is 0 Å². The summed E-state index contributed by atoms with van der Waals surface area (Å²) in [6.45, 7) is 0. The Morgan fingerprint density at radius 3 is 2.65 bits per heavy atom. The molecule has 0 aliphatic heterocycles. The number of benzene rings is 1. The molecule has 17 heavy (non-hydrogen) atoms. The summed E-state index contributed by atoms with van der Waals surface area (Å²) >= 11 is 8.85. The van der Waals surface area contributed by atoms with Crippen LogP contribution >= 0.6 is 27.5 Å². The number of carbonyl (C=O) groups excluding carboxylic acids is 2. The third-order valence-electron chi connectivity index (χ3n) is 2.30. The van der Waals surface area contributed by atoms with Gasteiger partial charge in [0.25, 0.3) is 0 Å². The van der Waals surface area contributed by atoms with E-state index in [0.717, 1.165) is 5.56 Å². The van der Waals surface area contributed by atoms with Crippen LogP contribution in [0.3, 0.4) is 0 Å². The number of Topliss-reactive ketones (excluding diaryl/α,β-unsaturated/α-hetero) is 1. The highest BCUT2D eigenvalue weighted by atomic mass is 79.9. The first-order chi connectivity index (χ1) is 8.15. The van der Waals surface area contributed by atoms with Gasteiger partial charge in [-0.3, -0.25) is 4.79 Å². The summed E-state index contributed by atoms with van der Waals surface area (Å²) in [6.07, 6.45) is 0.204. The zero-order chi connectivity index (χ0) is 12.8. The molecule has 0 atom stereocenters. The predicted octanol–water partition coefficient (Wildman–Crippen LogP) is 3.18. The molecule has 0 aliphatic rings. The van der Waals surface area contributed by atoms with Gasteiger partial charge in [-0.25, -0.2) is 4.79 Å². The fourth-order valence-electron chi connectivity index (χ4n) is 1.53. The van der Waals surface area contributed by atoms with Crippen molar-refractivity contribution in [2.24, 2.45) is 0 Å². The Balaban J connectivity index is 3.30. The highest BCUT2D eigenvalue weighted by Gasteiger charge is 2.20. The molecular formula is C12H12BrClO3. The number of hydrogen-bond acceptors (Lipinski definition) is 3. The van der Waals surface area contributed by atoms with E-state index in [0.29, 0.717) is 16.5 Å². The van der Waals surface area contributed by atoms with Gasteiger partial charge in [0.1, 0.15) is 0 Å². The molecule has 0 N–H and O–H groups in total. The van der Waals surface area contributed by atoms with E-state index in [2.05, 4.69) is 20.7 Å². The lowest BCUT2D eigenvalue weighted by Gasteiger charge is -2.10. The zero-order valence-electron chi connectivity index (χ0n) is 9.33. The Morgan fingerprint density at radius 1 is 1.41 bits per heavy atom. The molecule has 1 aromatic carbocycles. The van der Waals surface area contributed by atoms with Crippen LogP contribution in [-0.4, -0.2) is 24.7 Å². The maximum atomic E-state index is 12.0. The van der Waals surface area contributed by atoms with Crippen molar-refractivity contribution in [1.29, 1.82) is 0 Å². The van der Waals surface area contributed by atoms with Gasteiger partial charge in [-0.05, 0) is 11.6 Å². The number of ketones is 1. The van der Waals surface area contributed by atoms with E-state index in [1.165, 1.54) is 7.11 Å². The number of rotatable bonds is 5. The molecule has 0 unspecified atom stereocenters. The lowest BCUT2D eigenvalue weighted by atomic mass is 9.97. The van der Waals surface area contributed by atoms with Gasteiger partial charge in [0.2, 0.25) is 0 Å². The molecule has 0 spiro atoms. The highest BCUT2D eigenvalue weighted by molar-refractivity contribution is 9.08. The molecule has 0 heterocycles. The fraction of sp³-hybridized carbons (Fsp3) is 0.333. The van der Waals surface area contributed by atoms with Crippen LogP contribution in [0.25, 0.3) is 0 Å². The van der Waals surface area contributed by atoms with Crippen LogP contribution < -0.4 is 0 Å². The molecule has 3 nitrogen and oxygen atoms in total. The Kier molecular flexibility index (Phi) is 5.65. The van der Waals surface area contributed by atoms with Gasteiger partial charge in [-0.1, -0.05) is 28.1 Å². The fourth-order valence-corrected chi connectivity index (χ4v) is 2.17. The molecule has 1 rings (SSSR count). The van der Waals surface area contributed by atoms with Crippen LogP contribution in [0.4, 0.5) is 0 Å². The first-order valence-electron chi connectivity index (χ1n) is 5.01. The number of halogens is 2. The van der Waals surface area contributed by atoms with Crippen LogP contribution in [0.5, 0.6) is 0 Å². The van der Waals surface area contributed by atoms with Gasteiger partial charge in [0.15, 0.2) is 5.78 Å². The first kappa shape index (κ1) is 14.2. The second-order valence-corrected chi connectivity index (χ2v) is 4.27. The van der Waals surface area contributed by atoms with Crippen molar-refractivity contribution in [2.45, 2.75) is 11.8 Å². The van der Waals surface area contributed by atoms with Crippen LogP contribution in [0.15, 0.2) is 18.2 Å². The molecule has 0 fully saturated rings. The van der Waals surface area contributed by atoms with Gasteiger partial charge in [-0.2, -0.15) is 0 Å². The van der Waals surface area contributed by atoms with Crippen molar-refractivity contribution < 1.29 is 14.3 Å². The summed E-state index contributed by atoms with van der Waals surface area (Å²) < 4.78 is 4.67. The second-order valence-electron chi connectivity index (χ2n) is 3.33. The molecule has 0 aromatic heterocycles. The number of esters is 1.